The Hall–Kier alpha value is -2.78. The van der Waals surface area contributed by atoms with Gasteiger partial charge in [0.05, 0.1) is 6.54 Å². The number of nitrogens with zero attached hydrogens (tertiary/aromatic N) is 5. The first-order chi connectivity index (χ1) is 15.4. The van der Waals surface area contributed by atoms with Gasteiger partial charge in [-0.25, -0.2) is 4.79 Å². The molecule has 0 unspecified atom stereocenters. The van der Waals surface area contributed by atoms with Crippen LogP contribution >= 0.6 is 11.6 Å². The molecule has 172 valence electrons. The first-order valence-electron chi connectivity index (χ1n) is 10.8. The number of benzene rings is 1. The molecule has 2 aromatic heterocycles. The number of anilines is 1. The molecule has 10 heteroatoms. The fourth-order valence-electron chi connectivity index (χ4n) is 4.11. The van der Waals surface area contributed by atoms with Crippen LogP contribution in [0.1, 0.15) is 25.7 Å². The first kappa shape index (κ1) is 22.4. The summed E-state index contributed by atoms with van der Waals surface area (Å²) in [6, 6.07) is 6.90. The second-order valence-electron chi connectivity index (χ2n) is 8.22. The SMILES string of the molecule is Cn1c(=O)c2c(nc(N3CCCCCC3)n2C[C@@H](O)COc2ccc(Cl)cc2)n(C)c1=O. The highest BCUT2D eigenvalue weighted by molar-refractivity contribution is 6.30. The second-order valence-corrected chi connectivity index (χ2v) is 8.66. The van der Waals surface area contributed by atoms with Crippen LogP contribution in [0.3, 0.4) is 0 Å². The molecule has 1 saturated heterocycles. The summed E-state index contributed by atoms with van der Waals surface area (Å²) < 4.78 is 9.88. The first-order valence-corrected chi connectivity index (χ1v) is 11.2. The van der Waals surface area contributed by atoms with Gasteiger partial charge in [-0.05, 0) is 37.1 Å². The van der Waals surface area contributed by atoms with E-state index in [0.29, 0.717) is 27.9 Å². The number of ether oxygens (including phenoxy) is 1. The number of imidazole rings is 1. The molecule has 0 spiro atoms. The number of rotatable bonds is 6. The van der Waals surface area contributed by atoms with Crippen molar-refractivity contribution in [3.05, 3.63) is 50.1 Å². The van der Waals surface area contributed by atoms with Crippen molar-refractivity contribution in [1.29, 1.82) is 0 Å². The summed E-state index contributed by atoms with van der Waals surface area (Å²) in [7, 11) is 3.06. The topological polar surface area (TPSA) is 94.5 Å². The molecular formula is C22H28ClN5O4. The molecule has 4 rings (SSSR count). The Bertz CT molecular complexity index is 1210. The van der Waals surface area contributed by atoms with Crippen molar-refractivity contribution in [2.45, 2.75) is 38.3 Å². The minimum atomic E-state index is -0.893. The molecule has 0 aliphatic carbocycles. The van der Waals surface area contributed by atoms with Crippen LogP contribution in [0, 0.1) is 0 Å². The summed E-state index contributed by atoms with van der Waals surface area (Å²) in [6.07, 6.45) is 3.46. The molecule has 1 N–H and O–H groups in total. The van der Waals surface area contributed by atoms with Gasteiger partial charge in [0.15, 0.2) is 11.2 Å². The van der Waals surface area contributed by atoms with Crippen molar-refractivity contribution < 1.29 is 9.84 Å². The summed E-state index contributed by atoms with van der Waals surface area (Å²) in [6.45, 7) is 1.78. The molecule has 9 nitrogen and oxygen atoms in total. The van der Waals surface area contributed by atoms with Gasteiger partial charge in [0, 0.05) is 32.2 Å². The molecule has 0 radical (unpaired) electrons. The van der Waals surface area contributed by atoms with Gasteiger partial charge in [-0.3, -0.25) is 13.9 Å². The highest BCUT2D eigenvalue weighted by Gasteiger charge is 2.25. The van der Waals surface area contributed by atoms with E-state index in [1.54, 1.807) is 35.9 Å². The van der Waals surface area contributed by atoms with Crippen LogP contribution < -0.4 is 20.9 Å². The average molecular weight is 462 g/mol. The third-order valence-corrected chi connectivity index (χ3v) is 6.12. The highest BCUT2D eigenvalue weighted by Crippen LogP contribution is 2.23. The monoisotopic (exact) mass is 461 g/mol. The van der Waals surface area contributed by atoms with Crippen molar-refractivity contribution in [3.63, 3.8) is 0 Å². The van der Waals surface area contributed by atoms with Crippen molar-refractivity contribution in [2.24, 2.45) is 14.1 Å². The van der Waals surface area contributed by atoms with Gasteiger partial charge in [-0.2, -0.15) is 4.98 Å². The van der Waals surface area contributed by atoms with Crippen molar-refractivity contribution in [3.8, 4) is 5.75 Å². The third kappa shape index (κ3) is 4.40. The number of aliphatic hydroxyl groups is 1. The van der Waals surface area contributed by atoms with E-state index in [1.165, 1.54) is 11.6 Å². The van der Waals surface area contributed by atoms with E-state index >= 15 is 0 Å². The zero-order valence-corrected chi connectivity index (χ0v) is 19.1. The fraction of sp³-hybridized carbons (Fsp3) is 0.500. The molecule has 1 aromatic carbocycles. The van der Waals surface area contributed by atoms with Crippen LogP contribution in [0.5, 0.6) is 5.75 Å². The van der Waals surface area contributed by atoms with Crippen LogP contribution in [0.25, 0.3) is 11.2 Å². The van der Waals surface area contributed by atoms with E-state index in [0.717, 1.165) is 43.3 Å². The van der Waals surface area contributed by atoms with Gasteiger partial charge < -0.3 is 19.3 Å². The minimum Gasteiger partial charge on any atom is -0.491 e. The normalized spacial score (nSPS) is 15.7. The molecule has 3 heterocycles. The lowest BCUT2D eigenvalue weighted by Gasteiger charge is -2.23. The molecule has 0 bridgehead atoms. The largest absolute Gasteiger partial charge is 0.491 e. The second kappa shape index (κ2) is 9.38. The van der Waals surface area contributed by atoms with E-state index in [2.05, 4.69) is 4.90 Å². The predicted octanol–water partition coefficient (Wildman–Crippen LogP) is 1.91. The maximum absolute atomic E-state index is 13.0. The van der Waals surface area contributed by atoms with Crippen molar-refractivity contribution in [1.82, 2.24) is 18.7 Å². The molecule has 1 aliphatic rings. The molecule has 0 amide bonds. The Morgan fingerprint density at radius 3 is 2.38 bits per heavy atom. The number of aromatic nitrogens is 4. The lowest BCUT2D eigenvalue weighted by atomic mass is 10.2. The van der Waals surface area contributed by atoms with Gasteiger partial charge in [-0.15, -0.1) is 0 Å². The molecule has 1 atom stereocenters. The Morgan fingerprint density at radius 1 is 1.06 bits per heavy atom. The van der Waals surface area contributed by atoms with Crippen molar-refractivity contribution >= 4 is 28.7 Å². The van der Waals surface area contributed by atoms with Crippen molar-refractivity contribution in [2.75, 3.05) is 24.6 Å². The van der Waals surface area contributed by atoms with Crippen LogP contribution in [-0.4, -0.2) is 49.6 Å². The maximum atomic E-state index is 13.0. The smallest absolute Gasteiger partial charge is 0.332 e. The van der Waals surface area contributed by atoms with Gasteiger partial charge in [0.2, 0.25) is 5.95 Å². The Balaban J connectivity index is 1.70. The predicted molar refractivity (Wildman–Crippen MR) is 124 cm³/mol. The van der Waals surface area contributed by atoms with Crippen LogP contribution in [-0.2, 0) is 20.6 Å². The van der Waals surface area contributed by atoms with Gasteiger partial charge in [0.25, 0.3) is 5.56 Å². The number of fused-ring (bicyclic) bond motifs is 1. The van der Waals surface area contributed by atoms with E-state index in [9.17, 15) is 14.7 Å². The third-order valence-electron chi connectivity index (χ3n) is 5.87. The summed E-state index contributed by atoms with van der Waals surface area (Å²) in [4.78, 5) is 32.3. The molecule has 32 heavy (non-hydrogen) atoms. The summed E-state index contributed by atoms with van der Waals surface area (Å²) >= 11 is 5.90. The van der Waals surface area contributed by atoms with Gasteiger partial charge >= 0.3 is 5.69 Å². The molecule has 1 aliphatic heterocycles. The van der Waals surface area contributed by atoms with E-state index in [1.807, 2.05) is 0 Å². The number of hydrogen-bond acceptors (Lipinski definition) is 6. The molecular weight excluding hydrogens is 434 g/mol. The lowest BCUT2D eigenvalue weighted by molar-refractivity contribution is 0.0936. The van der Waals surface area contributed by atoms with E-state index in [-0.39, 0.29) is 13.2 Å². The van der Waals surface area contributed by atoms with E-state index in [4.69, 9.17) is 21.3 Å². The van der Waals surface area contributed by atoms with Crippen LogP contribution in [0.15, 0.2) is 33.9 Å². The molecule has 1 fully saturated rings. The number of halogens is 1. The Kier molecular flexibility index (Phi) is 6.57. The summed E-state index contributed by atoms with van der Waals surface area (Å²) in [5.41, 5.74) is -0.230. The zero-order chi connectivity index (χ0) is 22.8. The Morgan fingerprint density at radius 2 is 1.72 bits per heavy atom. The number of hydrogen-bond donors (Lipinski definition) is 1. The number of aryl methyl sites for hydroxylation is 1. The van der Waals surface area contributed by atoms with Gasteiger partial charge in [-0.1, -0.05) is 24.4 Å². The fourth-order valence-corrected chi connectivity index (χ4v) is 4.23. The lowest BCUT2D eigenvalue weighted by Crippen LogP contribution is -2.38. The molecule has 3 aromatic rings. The molecule has 0 saturated carbocycles. The average Bonchev–Trinajstić information content (AvgIpc) is 2.96. The highest BCUT2D eigenvalue weighted by atomic mass is 35.5. The quantitative estimate of drug-likeness (QED) is 0.602. The minimum absolute atomic E-state index is 0.0345. The standard InChI is InChI=1S/C22H28ClN5O4/c1-25-19-18(20(30)26(2)22(25)31)28(21(24-19)27-11-5-3-4-6-12-27)13-16(29)14-32-17-9-7-15(23)8-10-17/h7-10,16,29H,3-6,11-14H2,1-2H3/t16-/m1/s1. The maximum Gasteiger partial charge on any atom is 0.332 e. The van der Waals surface area contributed by atoms with E-state index < -0.39 is 17.4 Å². The Labute approximate surface area is 190 Å². The summed E-state index contributed by atoms with van der Waals surface area (Å²) in [5.74, 6) is 1.20. The summed E-state index contributed by atoms with van der Waals surface area (Å²) in [5, 5.41) is 11.4. The van der Waals surface area contributed by atoms with Crippen LogP contribution in [0.2, 0.25) is 5.02 Å². The van der Waals surface area contributed by atoms with Gasteiger partial charge in [0.1, 0.15) is 18.5 Å². The number of aliphatic hydroxyl groups excluding tert-OH is 1. The zero-order valence-electron chi connectivity index (χ0n) is 18.3. The van der Waals surface area contributed by atoms with Crippen LogP contribution in [0.4, 0.5) is 5.95 Å².